The summed E-state index contributed by atoms with van der Waals surface area (Å²) in [6, 6.07) is 6.12. The summed E-state index contributed by atoms with van der Waals surface area (Å²) >= 11 is 3.25. The van der Waals surface area contributed by atoms with E-state index in [4.69, 9.17) is 5.11 Å². The third-order valence-corrected chi connectivity index (χ3v) is 2.87. The molecule has 0 aliphatic heterocycles. The second-order valence-electron chi connectivity index (χ2n) is 3.53. The summed E-state index contributed by atoms with van der Waals surface area (Å²) in [5, 5.41) is 11.3. The van der Waals surface area contributed by atoms with E-state index < -0.39 is 11.9 Å². The Labute approximate surface area is 116 Å². The zero-order valence-electron chi connectivity index (χ0n) is 9.50. The third kappa shape index (κ3) is 3.14. The Morgan fingerprint density at radius 2 is 2.00 bits per heavy atom. The van der Waals surface area contributed by atoms with Gasteiger partial charge >= 0.3 is 5.97 Å². The number of anilines is 1. The summed E-state index contributed by atoms with van der Waals surface area (Å²) in [5.41, 5.74) is 0.137. The van der Waals surface area contributed by atoms with Crippen LogP contribution in [0.5, 0.6) is 0 Å². The normalized spacial score (nSPS) is 9.95. The maximum absolute atomic E-state index is 11.9. The van der Waals surface area contributed by atoms with Gasteiger partial charge in [-0.1, -0.05) is 0 Å². The first-order valence-electron chi connectivity index (χ1n) is 5.19. The first kappa shape index (κ1) is 13.2. The molecule has 1 amide bonds. The van der Waals surface area contributed by atoms with E-state index in [1.165, 1.54) is 12.1 Å². The fraction of sp³-hybridized carbons (Fsp3) is 0. The molecule has 0 saturated carbocycles. The summed E-state index contributed by atoms with van der Waals surface area (Å²) in [7, 11) is 0. The number of carbonyl (C=O) groups excluding carboxylic acids is 1. The highest BCUT2D eigenvalue weighted by Crippen LogP contribution is 2.18. The van der Waals surface area contributed by atoms with Gasteiger partial charge in [-0.2, -0.15) is 0 Å². The van der Waals surface area contributed by atoms with Crippen LogP contribution in [0.2, 0.25) is 0 Å². The van der Waals surface area contributed by atoms with E-state index in [1.807, 2.05) is 0 Å². The summed E-state index contributed by atoms with van der Waals surface area (Å²) < 4.78 is 0.644. The number of aromatic carboxylic acids is 1. The molecule has 0 aliphatic rings. The Morgan fingerprint density at radius 3 is 2.58 bits per heavy atom. The van der Waals surface area contributed by atoms with Gasteiger partial charge < -0.3 is 10.4 Å². The van der Waals surface area contributed by atoms with Crippen molar-refractivity contribution in [3.8, 4) is 0 Å². The molecule has 2 aromatic heterocycles. The van der Waals surface area contributed by atoms with Crippen LogP contribution in [0.25, 0.3) is 0 Å². The number of nitrogens with zero attached hydrogens (tertiary/aromatic N) is 2. The van der Waals surface area contributed by atoms with Gasteiger partial charge in [0.1, 0.15) is 11.5 Å². The van der Waals surface area contributed by atoms with Gasteiger partial charge in [0.2, 0.25) is 0 Å². The minimum absolute atomic E-state index is 0.0237. The number of amides is 1. The first-order valence-corrected chi connectivity index (χ1v) is 5.98. The second-order valence-corrected chi connectivity index (χ2v) is 4.38. The molecule has 2 rings (SSSR count). The van der Waals surface area contributed by atoms with Crippen molar-refractivity contribution in [1.29, 1.82) is 0 Å². The van der Waals surface area contributed by atoms with Crippen molar-refractivity contribution in [1.82, 2.24) is 9.97 Å². The lowest BCUT2D eigenvalue weighted by atomic mass is 10.2. The lowest BCUT2D eigenvalue weighted by molar-refractivity contribution is 0.0696. The monoisotopic (exact) mass is 321 g/mol. The largest absolute Gasteiger partial charge is 0.478 e. The fourth-order valence-electron chi connectivity index (χ4n) is 1.30. The number of halogens is 1. The minimum atomic E-state index is -1.09. The molecule has 0 aliphatic carbocycles. The standard InChI is InChI=1S/C12H8BrN3O3/c13-8-2-1-5-14-10(8)16-11(17)9-4-3-7(6-15-9)12(18)19/h1-6H,(H,18,19)(H,14,16,17). The van der Waals surface area contributed by atoms with Crippen LogP contribution in [0.1, 0.15) is 20.8 Å². The minimum Gasteiger partial charge on any atom is -0.478 e. The quantitative estimate of drug-likeness (QED) is 0.904. The summed E-state index contributed by atoms with van der Waals surface area (Å²) in [6.45, 7) is 0. The van der Waals surface area contributed by atoms with Crippen LogP contribution in [0.4, 0.5) is 5.82 Å². The molecule has 2 N–H and O–H groups in total. The Bertz CT molecular complexity index is 628. The molecule has 0 saturated heterocycles. The van der Waals surface area contributed by atoms with Gasteiger partial charge in [-0.25, -0.2) is 9.78 Å². The van der Waals surface area contributed by atoms with E-state index in [9.17, 15) is 9.59 Å². The summed E-state index contributed by atoms with van der Waals surface area (Å²) in [6.07, 6.45) is 2.67. The number of hydrogen-bond acceptors (Lipinski definition) is 4. The van der Waals surface area contributed by atoms with Crippen LogP contribution in [-0.4, -0.2) is 27.0 Å². The molecule has 2 heterocycles. The molecule has 96 valence electrons. The van der Waals surface area contributed by atoms with Gasteiger partial charge in [-0.3, -0.25) is 9.78 Å². The van der Waals surface area contributed by atoms with Crippen LogP contribution < -0.4 is 5.32 Å². The zero-order valence-corrected chi connectivity index (χ0v) is 11.1. The Morgan fingerprint density at radius 1 is 1.21 bits per heavy atom. The van der Waals surface area contributed by atoms with Crippen molar-refractivity contribution >= 4 is 33.6 Å². The van der Waals surface area contributed by atoms with E-state index in [0.717, 1.165) is 6.20 Å². The molecule has 0 fully saturated rings. The molecular formula is C12H8BrN3O3. The van der Waals surface area contributed by atoms with Crippen molar-refractivity contribution in [2.45, 2.75) is 0 Å². The maximum Gasteiger partial charge on any atom is 0.337 e. The van der Waals surface area contributed by atoms with Crippen LogP contribution in [0.15, 0.2) is 41.1 Å². The maximum atomic E-state index is 11.9. The van der Waals surface area contributed by atoms with Crippen LogP contribution in [-0.2, 0) is 0 Å². The van der Waals surface area contributed by atoms with Crippen molar-refractivity contribution in [3.05, 3.63) is 52.4 Å². The van der Waals surface area contributed by atoms with Crippen molar-refractivity contribution < 1.29 is 14.7 Å². The number of hydrogen-bond donors (Lipinski definition) is 2. The number of aromatic nitrogens is 2. The van der Waals surface area contributed by atoms with E-state index in [0.29, 0.717) is 10.3 Å². The number of pyridine rings is 2. The third-order valence-electron chi connectivity index (χ3n) is 2.23. The highest BCUT2D eigenvalue weighted by molar-refractivity contribution is 9.10. The number of carbonyl (C=O) groups is 2. The lowest BCUT2D eigenvalue weighted by Gasteiger charge is -2.05. The molecule has 6 nitrogen and oxygen atoms in total. The average molecular weight is 322 g/mol. The smallest absolute Gasteiger partial charge is 0.337 e. The number of rotatable bonds is 3. The molecule has 0 aromatic carbocycles. The molecule has 19 heavy (non-hydrogen) atoms. The molecule has 0 spiro atoms. The lowest BCUT2D eigenvalue weighted by Crippen LogP contribution is -2.15. The van der Waals surface area contributed by atoms with Crippen molar-refractivity contribution in [3.63, 3.8) is 0 Å². The second kappa shape index (κ2) is 5.57. The Hall–Kier alpha value is -2.28. The number of carboxylic acids is 1. The molecule has 0 unspecified atom stereocenters. The fourth-order valence-corrected chi connectivity index (χ4v) is 1.66. The molecular weight excluding hydrogens is 314 g/mol. The van der Waals surface area contributed by atoms with E-state index in [2.05, 4.69) is 31.2 Å². The van der Waals surface area contributed by atoms with E-state index >= 15 is 0 Å². The SMILES string of the molecule is O=C(O)c1ccc(C(=O)Nc2ncccc2Br)nc1. The first-order chi connectivity index (χ1) is 9.08. The van der Waals surface area contributed by atoms with Gasteiger partial charge in [-0.05, 0) is 40.2 Å². The number of nitrogens with one attached hydrogen (secondary N) is 1. The Kier molecular flexibility index (Phi) is 3.86. The topological polar surface area (TPSA) is 92.2 Å². The average Bonchev–Trinajstić information content (AvgIpc) is 2.41. The number of carboxylic acid groups (broad SMARTS) is 1. The van der Waals surface area contributed by atoms with Crippen LogP contribution in [0.3, 0.4) is 0 Å². The predicted octanol–water partition coefficient (Wildman–Crippen LogP) is 2.19. The predicted molar refractivity (Wildman–Crippen MR) is 71.1 cm³/mol. The highest BCUT2D eigenvalue weighted by atomic mass is 79.9. The van der Waals surface area contributed by atoms with E-state index in [-0.39, 0.29) is 11.3 Å². The van der Waals surface area contributed by atoms with E-state index in [1.54, 1.807) is 18.3 Å². The zero-order chi connectivity index (χ0) is 13.8. The van der Waals surface area contributed by atoms with Gasteiger partial charge in [0.05, 0.1) is 10.0 Å². The molecule has 0 radical (unpaired) electrons. The molecule has 7 heteroatoms. The van der Waals surface area contributed by atoms with Crippen molar-refractivity contribution in [2.75, 3.05) is 5.32 Å². The van der Waals surface area contributed by atoms with Gasteiger partial charge in [-0.15, -0.1) is 0 Å². The molecule has 0 bridgehead atoms. The highest BCUT2D eigenvalue weighted by Gasteiger charge is 2.11. The van der Waals surface area contributed by atoms with Crippen LogP contribution in [0, 0.1) is 0 Å². The molecule has 2 aromatic rings. The summed E-state index contributed by atoms with van der Waals surface area (Å²) in [4.78, 5) is 30.3. The van der Waals surface area contributed by atoms with Gasteiger partial charge in [0, 0.05) is 12.4 Å². The van der Waals surface area contributed by atoms with Gasteiger partial charge in [0.25, 0.3) is 5.91 Å². The van der Waals surface area contributed by atoms with Gasteiger partial charge in [0.15, 0.2) is 0 Å². The Balaban J connectivity index is 2.16. The summed E-state index contributed by atoms with van der Waals surface area (Å²) in [5.74, 6) is -1.18. The van der Waals surface area contributed by atoms with Crippen LogP contribution >= 0.6 is 15.9 Å². The molecule has 0 atom stereocenters. The van der Waals surface area contributed by atoms with Crippen molar-refractivity contribution in [2.24, 2.45) is 0 Å².